The Kier molecular flexibility index (Phi) is 6.41. The molecule has 1 amide bonds. The molecular weight excluding hydrogens is 334 g/mol. The maximum absolute atomic E-state index is 12.2. The first-order chi connectivity index (χ1) is 11.4. The molecule has 0 unspecified atom stereocenters. The second-order valence-corrected chi connectivity index (χ2v) is 7.40. The zero-order valence-electron chi connectivity index (χ0n) is 13.9. The van der Waals surface area contributed by atoms with Gasteiger partial charge in [-0.25, -0.2) is 13.1 Å². The first kappa shape index (κ1) is 18.5. The lowest BCUT2D eigenvalue weighted by atomic mass is 10.3. The molecular formula is C15H23N3O5S. The molecule has 0 saturated carbocycles. The number of nitrogens with one attached hydrogen (secondary N) is 2. The normalized spacial score (nSPS) is 13.8. The first-order valence-corrected chi connectivity index (χ1v) is 9.17. The van der Waals surface area contributed by atoms with Crippen LogP contribution >= 0.6 is 0 Å². The molecule has 2 N–H and O–H groups in total. The van der Waals surface area contributed by atoms with Crippen LogP contribution in [0, 0.1) is 0 Å². The summed E-state index contributed by atoms with van der Waals surface area (Å²) in [6.07, 6.45) is 0.799. The van der Waals surface area contributed by atoms with Gasteiger partial charge in [0.2, 0.25) is 15.9 Å². The van der Waals surface area contributed by atoms with Crippen LogP contribution in [-0.4, -0.2) is 66.2 Å². The van der Waals surface area contributed by atoms with Crippen LogP contribution in [0.2, 0.25) is 0 Å². The minimum atomic E-state index is -3.79. The largest absolute Gasteiger partial charge is 0.486 e. The maximum atomic E-state index is 12.2. The first-order valence-electron chi connectivity index (χ1n) is 7.69. The Hall–Kier alpha value is -1.84. The Morgan fingerprint density at radius 2 is 1.92 bits per heavy atom. The number of ether oxygens (including phenoxy) is 2. The second kappa shape index (κ2) is 8.32. The van der Waals surface area contributed by atoms with Gasteiger partial charge in [0.15, 0.2) is 11.5 Å². The number of fused-ring (bicyclic) bond motifs is 1. The molecule has 1 aliphatic heterocycles. The van der Waals surface area contributed by atoms with Crippen molar-refractivity contribution in [2.75, 3.05) is 46.9 Å². The van der Waals surface area contributed by atoms with Crippen molar-refractivity contribution in [3.63, 3.8) is 0 Å². The van der Waals surface area contributed by atoms with E-state index in [9.17, 15) is 13.2 Å². The van der Waals surface area contributed by atoms with E-state index in [0.717, 1.165) is 13.0 Å². The number of benzene rings is 1. The second-order valence-electron chi connectivity index (χ2n) is 5.64. The third kappa shape index (κ3) is 5.36. The van der Waals surface area contributed by atoms with Gasteiger partial charge >= 0.3 is 0 Å². The number of rotatable bonds is 8. The van der Waals surface area contributed by atoms with Crippen molar-refractivity contribution in [1.29, 1.82) is 0 Å². The molecule has 9 heteroatoms. The predicted molar refractivity (Wildman–Crippen MR) is 88.8 cm³/mol. The molecule has 8 nitrogen and oxygen atoms in total. The van der Waals surface area contributed by atoms with Crippen molar-refractivity contribution in [3.8, 4) is 11.5 Å². The van der Waals surface area contributed by atoms with Crippen LogP contribution in [0.1, 0.15) is 6.42 Å². The zero-order chi connectivity index (χ0) is 17.6. The highest BCUT2D eigenvalue weighted by molar-refractivity contribution is 7.89. The van der Waals surface area contributed by atoms with Crippen molar-refractivity contribution in [3.05, 3.63) is 18.2 Å². The van der Waals surface area contributed by atoms with E-state index in [0.29, 0.717) is 31.3 Å². The Balaban J connectivity index is 1.86. The lowest BCUT2D eigenvalue weighted by molar-refractivity contribution is -0.119. The maximum Gasteiger partial charge on any atom is 0.241 e. The highest BCUT2D eigenvalue weighted by Crippen LogP contribution is 2.32. The fraction of sp³-hybridized carbons (Fsp3) is 0.533. The Morgan fingerprint density at radius 3 is 2.62 bits per heavy atom. The molecule has 1 aliphatic rings. The summed E-state index contributed by atoms with van der Waals surface area (Å²) in [4.78, 5) is 13.7. The fourth-order valence-corrected chi connectivity index (χ4v) is 3.12. The molecule has 0 fully saturated rings. The fourth-order valence-electron chi connectivity index (χ4n) is 2.12. The number of carbonyl (C=O) groups excluding carboxylic acids is 1. The van der Waals surface area contributed by atoms with Crippen LogP contribution in [0.15, 0.2) is 23.1 Å². The summed E-state index contributed by atoms with van der Waals surface area (Å²) in [5, 5.41) is 2.67. The van der Waals surface area contributed by atoms with Gasteiger partial charge in [-0.3, -0.25) is 4.79 Å². The number of amides is 1. The molecule has 2 rings (SSSR count). The number of nitrogens with zero attached hydrogens (tertiary/aromatic N) is 1. The number of sulfonamides is 1. The van der Waals surface area contributed by atoms with E-state index in [2.05, 4.69) is 10.0 Å². The minimum Gasteiger partial charge on any atom is -0.486 e. The molecule has 0 aromatic heterocycles. The van der Waals surface area contributed by atoms with Gasteiger partial charge < -0.3 is 19.7 Å². The standard InChI is InChI=1S/C15H23N3O5S/c1-18(2)7-3-6-16-15(19)11-17-24(20,21)12-4-5-13-14(10-12)23-9-8-22-13/h4-5,10,17H,3,6-9,11H2,1-2H3,(H,16,19). The van der Waals surface area contributed by atoms with Gasteiger partial charge in [-0.15, -0.1) is 0 Å². The van der Waals surface area contributed by atoms with Gasteiger partial charge in [0.25, 0.3) is 0 Å². The molecule has 134 valence electrons. The van der Waals surface area contributed by atoms with E-state index in [1.165, 1.54) is 12.1 Å². The van der Waals surface area contributed by atoms with E-state index in [1.54, 1.807) is 6.07 Å². The molecule has 24 heavy (non-hydrogen) atoms. The van der Waals surface area contributed by atoms with Gasteiger partial charge in [0.05, 0.1) is 11.4 Å². The molecule has 0 spiro atoms. The van der Waals surface area contributed by atoms with Crippen molar-refractivity contribution >= 4 is 15.9 Å². The van der Waals surface area contributed by atoms with Crippen molar-refractivity contribution in [1.82, 2.24) is 14.9 Å². The summed E-state index contributed by atoms with van der Waals surface area (Å²) >= 11 is 0. The quantitative estimate of drug-likeness (QED) is 0.626. The zero-order valence-corrected chi connectivity index (χ0v) is 14.7. The molecule has 0 bridgehead atoms. The van der Waals surface area contributed by atoms with Crippen molar-refractivity contribution < 1.29 is 22.7 Å². The molecule has 0 saturated heterocycles. The predicted octanol–water partition coefficient (Wildman–Crippen LogP) is -0.196. The third-order valence-corrected chi connectivity index (χ3v) is 4.75. The number of carbonyl (C=O) groups is 1. The molecule has 1 aromatic carbocycles. The Bertz CT molecular complexity index is 676. The van der Waals surface area contributed by atoms with Gasteiger partial charge in [-0.05, 0) is 39.2 Å². The highest BCUT2D eigenvalue weighted by Gasteiger charge is 2.20. The lowest BCUT2D eigenvalue weighted by Gasteiger charge is -2.18. The van der Waals surface area contributed by atoms with E-state index in [4.69, 9.17) is 9.47 Å². The summed E-state index contributed by atoms with van der Waals surface area (Å²) in [5.41, 5.74) is 0. The topological polar surface area (TPSA) is 97.0 Å². The minimum absolute atomic E-state index is 0.0344. The third-order valence-electron chi connectivity index (χ3n) is 3.35. The molecule has 1 aromatic rings. The summed E-state index contributed by atoms with van der Waals surface area (Å²) in [5.74, 6) is 0.533. The SMILES string of the molecule is CN(C)CCCNC(=O)CNS(=O)(=O)c1ccc2c(c1)OCCO2. The van der Waals surface area contributed by atoms with Crippen LogP contribution in [-0.2, 0) is 14.8 Å². The van der Waals surface area contributed by atoms with Crippen molar-refractivity contribution in [2.24, 2.45) is 0 Å². The van der Waals surface area contributed by atoms with Crippen LogP contribution in [0.5, 0.6) is 11.5 Å². The Labute approximate surface area is 142 Å². The van der Waals surface area contributed by atoms with Gasteiger partial charge in [0.1, 0.15) is 13.2 Å². The van der Waals surface area contributed by atoms with Crippen LogP contribution < -0.4 is 19.5 Å². The van der Waals surface area contributed by atoms with Crippen LogP contribution in [0.25, 0.3) is 0 Å². The van der Waals surface area contributed by atoms with E-state index < -0.39 is 10.0 Å². The highest BCUT2D eigenvalue weighted by atomic mass is 32.2. The average Bonchev–Trinajstić information content (AvgIpc) is 2.56. The lowest BCUT2D eigenvalue weighted by Crippen LogP contribution is -2.37. The molecule has 0 radical (unpaired) electrons. The van der Waals surface area contributed by atoms with E-state index in [-0.39, 0.29) is 17.3 Å². The molecule has 0 atom stereocenters. The number of hydrogen-bond acceptors (Lipinski definition) is 6. The van der Waals surface area contributed by atoms with E-state index >= 15 is 0 Å². The average molecular weight is 357 g/mol. The van der Waals surface area contributed by atoms with Gasteiger partial charge in [-0.1, -0.05) is 0 Å². The Morgan fingerprint density at radius 1 is 1.21 bits per heavy atom. The number of hydrogen-bond donors (Lipinski definition) is 2. The summed E-state index contributed by atoms with van der Waals surface area (Å²) in [6.45, 7) is 1.86. The van der Waals surface area contributed by atoms with Gasteiger partial charge in [-0.2, -0.15) is 0 Å². The summed E-state index contributed by atoms with van der Waals surface area (Å²) < 4.78 is 37.5. The van der Waals surface area contributed by atoms with E-state index in [1.807, 2.05) is 19.0 Å². The van der Waals surface area contributed by atoms with Crippen molar-refractivity contribution in [2.45, 2.75) is 11.3 Å². The van der Waals surface area contributed by atoms with Crippen LogP contribution in [0.3, 0.4) is 0 Å². The van der Waals surface area contributed by atoms with Crippen LogP contribution in [0.4, 0.5) is 0 Å². The summed E-state index contributed by atoms with van der Waals surface area (Å²) in [7, 11) is 0.108. The molecule has 1 heterocycles. The monoisotopic (exact) mass is 357 g/mol. The summed E-state index contributed by atoms with van der Waals surface area (Å²) in [6, 6.07) is 4.36. The molecule has 0 aliphatic carbocycles. The van der Waals surface area contributed by atoms with Gasteiger partial charge in [0, 0.05) is 12.6 Å². The smallest absolute Gasteiger partial charge is 0.241 e.